The van der Waals surface area contributed by atoms with E-state index in [1.54, 1.807) is 18.2 Å². The van der Waals surface area contributed by atoms with Gasteiger partial charge in [-0.05, 0) is 30.3 Å². The molecule has 118 valence electrons. The molecule has 0 atom stereocenters. The summed E-state index contributed by atoms with van der Waals surface area (Å²) in [6.07, 6.45) is 2.37. The van der Waals surface area contributed by atoms with E-state index < -0.39 is 21.4 Å². The van der Waals surface area contributed by atoms with Gasteiger partial charge in [-0.2, -0.15) is 0 Å². The SMILES string of the molecule is CS(=O)(=O)c1ccc(-c2coc(=O)n2-c2cccc(F)c2)cc1. The molecule has 1 heterocycles. The molecular weight excluding hydrogens is 321 g/mol. The van der Waals surface area contributed by atoms with E-state index >= 15 is 0 Å². The second kappa shape index (κ2) is 5.51. The van der Waals surface area contributed by atoms with Crippen LogP contribution in [0.2, 0.25) is 0 Å². The molecule has 3 rings (SSSR count). The first-order chi connectivity index (χ1) is 10.9. The van der Waals surface area contributed by atoms with E-state index in [-0.39, 0.29) is 4.90 Å². The molecular formula is C16H12FNO4S. The molecule has 2 aromatic carbocycles. The normalized spacial score (nSPS) is 11.6. The maximum Gasteiger partial charge on any atom is 0.424 e. The maximum absolute atomic E-state index is 13.4. The minimum absolute atomic E-state index is 0.171. The molecule has 0 fully saturated rings. The molecule has 3 aromatic rings. The highest BCUT2D eigenvalue weighted by atomic mass is 32.2. The van der Waals surface area contributed by atoms with Gasteiger partial charge in [0.05, 0.1) is 16.3 Å². The summed E-state index contributed by atoms with van der Waals surface area (Å²) in [6, 6.07) is 11.6. The van der Waals surface area contributed by atoms with Gasteiger partial charge in [0.1, 0.15) is 12.1 Å². The van der Waals surface area contributed by atoms with Gasteiger partial charge in [0, 0.05) is 11.8 Å². The molecule has 0 spiro atoms. The van der Waals surface area contributed by atoms with Crippen molar-refractivity contribution in [2.75, 3.05) is 6.26 Å². The Bertz CT molecular complexity index is 1020. The van der Waals surface area contributed by atoms with Crippen molar-refractivity contribution < 1.29 is 17.2 Å². The lowest BCUT2D eigenvalue weighted by atomic mass is 10.1. The summed E-state index contributed by atoms with van der Waals surface area (Å²) in [5, 5.41) is 0. The molecule has 1 aromatic heterocycles. The third-order valence-corrected chi connectivity index (χ3v) is 4.47. The summed E-state index contributed by atoms with van der Waals surface area (Å²) in [4.78, 5) is 12.1. The first-order valence-corrected chi connectivity index (χ1v) is 8.52. The van der Waals surface area contributed by atoms with Crippen molar-refractivity contribution in [2.45, 2.75) is 4.90 Å². The molecule has 0 aliphatic rings. The van der Waals surface area contributed by atoms with Crippen molar-refractivity contribution in [2.24, 2.45) is 0 Å². The Morgan fingerprint density at radius 3 is 2.39 bits per heavy atom. The second-order valence-electron chi connectivity index (χ2n) is 5.00. The van der Waals surface area contributed by atoms with Gasteiger partial charge in [-0.15, -0.1) is 0 Å². The number of hydrogen-bond donors (Lipinski definition) is 0. The Kier molecular flexibility index (Phi) is 3.65. The summed E-state index contributed by atoms with van der Waals surface area (Å²) >= 11 is 0. The van der Waals surface area contributed by atoms with E-state index in [9.17, 15) is 17.6 Å². The van der Waals surface area contributed by atoms with Crippen LogP contribution in [0.15, 0.2) is 68.9 Å². The molecule has 0 N–H and O–H groups in total. The predicted octanol–water partition coefficient (Wildman–Crippen LogP) is 2.64. The molecule has 0 saturated heterocycles. The highest BCUT2D eigenvalue weighted by Crippen LogP contribution is 2.23. The number of halogens is 1. The molecule has 0 unspecified atom stereocenters. The average molecular weight is 333 g/mol. The number of sulfone groups is 1. The standard InChI is InChI=1S/C16H12FNO4S/c1-23(20,21)14-7-5-11(6-8-14)15-10-22-16(19)18(15)13-4-2-3-12(17)9-13/h2-10H,1H3. The van der Waals surface area contributed by atoms with E-state index in [4.69, 9.17) is 4.42 Å². The van der Waals surface area contributed by atoms with Crippen LogP contribution < -0.4 is 5.76 Å². The first kappa shape index (κ1) is 15.2. The van der Waals surface area contributed by atoms with Crippen molar-refractivity contribution in [3.8, 4) is 16.9 Å². The lowest BCUT2D eigenvalue weighted by Gasteiger charge is -2.07. The highest BCUT2D eigenvalue weighted by Gasteiger charge is 2.14. The lowest BCUT2D eigenvalue weighted by Crippen LogP contribution is -2.13. The number of hydrogen-bond acceptors (Lipinski definition) is 4. The Morgan fingerprint density at radius 2 is 1.78 bits per heavy atom. The molecule has 7 heteroatoms. The zero-order chi connectivity index (χ0) is 16.6. The van der Waals surface area contributed by atoms with Gasteiger partial charge >= 0.3 is 5.76 Å². The third-order valence-electron chi connectivity index (χ3n) is 3.34. The van der Waals surface area contributed by atoms with Gasteiger partial charge in [0.15, 0.2) is 9.84 Å². The van der Waals surface area contributed by atoms with Crippen LogP contribution in [0.25, 0.3) is 16.9 Å². The molecule has 0 saturated carbocycles. The highest BCUT2D eigenvalue weighted by molar-refractivity contribution is 7.90. The van der Waals surface area contributed by atoms with E-state index in [1.165, 1.54) is 41.2 Å². The lowest BCUT2D eigenvalue weighted by molar-refractivity contribution is 0.504. The van der Waals surface area contributed by atoms with E-state index in [0.29, 0.717) is 16.9 Å². The molecule has 0 aliphatic carbocycles. The second-order valence-corrected chi connectivity index (χ2v) is 7.01. The Morgan fingerprint density at radius 1 is 1.09 bits per heavy atom. The van der Waals surface area contributed by atoms with Crippen LogP contribution in [0.4, 0.5) is 4.39 Å². The van der Waals surface area contributed by atoms with E-state index in [2.05, 4.69) is 0 Å². The minimum Gasteiger partial charge on any atom is -0.415 e. The summed E-state index contributed by atoms with van der Waals surface area (Å²) in [6.45, 7) is 0. The Labute approximate surface area is 131 Å². The molecule has 0 aliphatic heterocycles. The van der Waals surface area contributed by atoms with E-state index in [0.717, 1.165) is 6.26 Å². The fraction of sp³-hybridized carbons (Fsp3) is 0.0625. The smallest absolute Gasteiger partial charge is 0.415 e. The maximum atomic E-state index is 13.4. The van der Waals surface area contributed by atoms with Crippen molar-refractivity contribution >= 4 is 9.84 Å². The minimum atomic E-state index is -3.31. The monoisotopic (exact) mass is 333 g/mol. The fourth-order valence-electron chi connectivity index (χ4n) is 2.24. The largest absolute Gasteiger partial charge is 0.424 e. The van der Waals surface area contributed by atoms with Crippen LogP contribution in [0.5, 0.6) is 0 Å². The number of benzene rings is 2. The van der Waals surface area contributed by atoms with Crippen LogP contribution in [0.1, 0.15) is 0 Å². The number of oxazole rings is 1. The summed E-state index contributed by atoms with van der Waals surface area (Å²) in [7, 11) is -3.31. The van der Waals surface area contributed by atoms with E-state index in [1.807, 2.05) is 0 Å². The van der Waals surface area contributed by atoms with Crippen molar-refractivity contribution in [1.82, 2.24) is 4.57 Å². The van der Waals surface area contributed by atoms with Gasteiger partial charge in [0.25, 0.3) is 0 Å². The molecule has 23 heavy (non-hydrogen) atoms. The van der Waals surface area contributed by atoms with Crippen molar-refractivity contribution in [3.63, 3.8) is 0 Å². The van der Waals surface area contributed by atoms with Gasteiger partial charge in [-0.1, -0.05) is 18.2 Å². The predicted molar refractivity (Wildman–Crippen MR) is 82.8 cm³/mol. The first-order valence-electron chi connectivity index (χ1n) is 6.63. The van der Waals surface area contributed by atoms with Crippen molar-refractivity contribution in [3.05, 3.63) is 71.2 Å². The summed E-state index contributed by atoms with van der Waals surface area (Å²) in [5.74, 6) is -1.13. The zero-order valence-corrected chi connectivity index (χ0v) is 12.9. The molecule has 0 radical (unpaired) electrons. The molecule has 5 nitrogen and oxygen atoms in total. The summed E-state index contributed by atoms with van der Waals surface area (Å²) in [5.41, 5.74) is 1.30. The van der Waals surface area contributed by atoms with Crippen LogP contribution in [0, 0.1) is 5.82 Å². The van der Waals surface area contributed by atoms with Gasteiger partial charge in [0.2, 0.25) is 0 Å². The quantitative estimate of drug-likeness (QED) is 0.739. The number of aromatic nitrogens is 1. The van der Waals surface area contributed by atoms with Crippen LogP contribution >= 0.6 is 0 Å². The summed E-state index contributed by atoms with van der Waals surface area (Å²) < 4.78 is 42.5. The zero-order valence-electron chi connectivity index (χ0n) is 12.1. The third kappa shape index (κ3) is 2.95. The fourth-order valence-corrected chi connectivity index (χ4v) is 2.87. The van der Waals surface area contributed by atoms with Crippen molar-refractivity contribution in [1.29, 1.82) is 0 Å². The number of rotatable bonds is 3. The Hall–Kier alpha value is -2.67. The van der Waals surface area contributed by atoms with Crippen LogP contribution in [-0.2, 0) is 9.84 Å². The topological polar surface area (TPSA) is 69.3 Å². The van der Waals surface area contributed by atoms with Crippen LogP contribution in [-0.4, -0.2) is 19.2 Å². The molecule has 0 bridgehead atoms. The average Bonchev–Trinajstić information content (AvgIpc) is 2.88. The Balaban J connectivity index is 2.14. The number of nitrogens with zero attached hydrogens (tertiary/aromatic N) is 1. The van der Waals surface area contributed by atoms with Crippen LogP contribution in [0.3, 0.4) is 0 Å². The van der Waals surface area contributed by atoms with Gasteiger partial charge in [-0.25, -0.2) is 22.2 Å². The van der Waals surface area contributed by atoms with Gasteiger partial charge < -0.3 is 4.42 Å². The molecule has 0 amide bonds. The van der Waals surface area contributed by atoms with Gasteiger partial charge in [-0.3, -0.25) is 0 Å².